The second-order valence-electron chi connectivity index (χ2n) is 4.71. The summed E-state index contributed by atoms with van der Waals surface area (Å²) in [6.07, 6.45) is 3.50. The number of aromatic nitrogens is 2. The largest absolute Gasteiger partial charge is 0.342 e. The second-order valence-corrected chi connectivity index (χ2v) is 4.71. The Morgan fingerprint density at radius 2 is 2.24 bits per heavy atom. The second kappa shape index (κ2) is 5.49. The molecular formula is C12H22N4O. The molecule has 1 aromatic rings. The molecule has 1 aliphatic carbocycles. The Morgan fingerprint density at radius 3 is 2.82 bits per heavy atom. The molecule has 0 saturated heterocycles. The summed E-state index contributed by atoms with van der Waals surface area (Å²) in [5.74, 6) is 2.24. The van der Waals surface area contributed by atoms with E-state index in [1.54, 1.807) is 0 Å². The van der Waals surface area contributed by atoms with E-state index in [9.17, 15) is 0 Å². The van der Waals surface area contributed by atoms with Crippen molar-refractivity contribution in [1.82, 2.24) is 15.5 Å². The van der Waals surface area contributed by atoms with Gasteiger partial charge < -0.3 is 14.7 Å². The van der Waals surface area contributed by atoms with Crippen LogP contribution in [0, 0.1) is 5.92 Å². The SMILES string of the molecule is CCNC(Cc1nc(N(C)CC)no1)C1CC1. The molecule has 0 bridgehead atoms. The molecule has 1 saturated carbocycles. The zero-order valence-corrected chi connectivity index (χ0v) is 10.9. The summed E-state index contributed by atoms with van der Waals surface area (Å²) in [5.41, 5.74) is 0. The molecule has 1 aromatic heterocycles. The summed E-state index contributed by atoms with van der Waals surface area (Å²) >= 11 is 0. The van der Waals surface area contributed by atoms with E-state index >= 15 is 0 Å². The van der Waals surface area contributed by atoms with Gasteiger partial charge in [0.05, 0.1) is 0 Å². The quantitative estimate of drug-likeness (QED) is 0.779. The molecule has 1 aliphatic rings. The van der Waals surface area contributed by atoms with Crippen molar-refractivity contribution in [1.29, 1.82) is 0 Å². The minimum absolute atomic E-state index is 0.500. The molecule has 0 amide bonds. The molecule has 1 unspecified atom stereocenters. The lowest BCUT2D eigenvalue weighted by atomic mass is 10.1. The van der Waals surface area contributed by atoms with E-state index in [1.165, 1.54) is 12.8 Å². The van der Waals surface area contributed by atoms with Gasteiger partial charge in [-0.05, 0) is 37.4 Å². The van der Waals surface area contributed by atoms with Crippen molar-refractivity contribution in [2.45, 2.75) is 39.2 Å². The van der Waals surface area contributed by atoms with Crippen molar-refractivity contribution < 1.29 is 4.52 Å². The fourth-order valence-corrected chi connectivity index (χ4v) is 1.98. The van der Waals surface area contributed by atoms with E-state index < -0.39 is 0 Å². The Morgan fingerprint density at radius 1 is 1.47 bits per heavy atom. The average Bonchev–Trinajstić information content (AvgIpc) is 3.08. The number of hydrogen-bond donors (Lipinski definition) is 1. The molecule has 5 nitrogen and oxygen atoms in total. The van der Waals surface area contributed by atoms with Crippen LogP contribution in [0.1, 0.15) is 32.6 Å². The summed E-state index contributed by atoms with van der Waals surface area (Å²) in [6.45, 7) is 6.09. The number of rotatable bonds is 7. The van der Waals surface area contributed by atoms with E-state index in [2.05, 4.69) is 29.3 Å². The Labute approximate surface area is 103 Å². The van der Waals surface area contributed by atoms with Crippen LogP contribution in [0.2, 0.25) is 0 Å². The van der Waals surface area contributed by atoms with Crippen LogP contribution in [0.4, 0.5) is 5.95 Å². The first-order valence-corrected chi connectivity index (χ1v) is 6.51. The molecule has 1 heterocycles. The normalized spacial score (nSPS) is 17.1. The monoisotopic (exact) mass is 238 g/mol. The van der Waals surface area contributed by atoms with Crippen molar-refractivity contribution >= 4 is 5.95 Å². The van der Waals surface area contributed by atoms with Crippen molar-refractivity contribution in [2.24, 2.45) is 5.92 Å². The van der Waals surface area contributed by atoms with Crippen LogP contribution in [-0.4, -0.2) is 36.3 Å². The number of hydrogen-bond acceptors (Lipinski definition) is 5. The van der Waals surface area contributed by atoms with Gasteiger partial charge in [0.1, 0.15) is 0 Å². The predicted molar refractivity (Wildman–Crippen MR) is 67.1 cm³/mol. The smallest absolute Gasteiger partial charge is 0.265 e. The highest BCUT2D eigenvalue weighted by atomic mass is 16.5. The molecule has 1 fully saturated rings. The molecule has 0 aromatic carbocycles. The van der Waals surface area contributed by atoms with Crippen LogP contribution in [-0.2, 0) is 6.42 Å². The van der Waals surface area contributed by atoms with Gasteiger partial charge in [-0.1, -0.05) is 6.92 Å². The third-order valence-corrected chi connectivity index (χ3v) is 3.33. The summed E-state index contributed by atoms with van der Waals surface area (Å²) in [6, 6.07) is 0.500. The molecule has 17 heavy (non-hydrogen) atoms. The van der Waals surface area contributed by atoms with Crippen molar-refractivity contribution in [3.63, 3.8) is 0 Å². The lowest BCUT2D eigenvalue weighted by Gasteiger charge is -2.14. The first kappa shape index (κ1) is 12.4. The fourth-order valence-electron chi connectivity index (χ4n) is 1.98. The molecule has 0 aliphatic heterocycles. The van der Waals surface area contributed by atoms with Crippen LogP contribution >= 0.6 is 0 Å². The maximum absolute atomic E-state index is 5.30. The number of nitrogens with zero attached hydrogens (tertiary/aromatic N) is 3. The van der Waals surface area contributed by atoms with Gasteiger partial charge in [-0.3, -0.25) is 0 Å². The van der Waals surface area contributed by atoms with Gasteiger partial charge in [0.2, 0.25) is 5.89 Å². The lowest BCUT2D eigenvalue weighted by molar-refractivity contribution is 0.347. The Kier molecular flexibility index (Phi) is 3.99. The number of likely N-dealkylation sites (N-methyl/N-ethyl adjacent to an activating group) is 1. The zero-order valence-electron chi connectivity index (χ0n) is 10.9. The maximum Gasteiger partial charge on any atom is 0.265 e. The van der Waals surface area contributed by atoms with Gasteiger partial charge in [-0.25, -0.2) is 0 Å². The molecular weight excluding hydrogens is 216 g/mol. The highest BCUT2D eigenvalue weighted by molar-refractivity contribution is 5.25. The summed E-state index contributed by atoms with van der Waals surface area (Å²) < 4.78 is 5.30. The maximum atomic E-state index is 5.30. The van der Waals surface area contributed by atoms with Crippen LogP contribution in [0.15, 0.2) is 4.52 Å². The van der Waals surface area contributed by atoms with Crippen LogP contribution in [0.25, 0.3) is 0 Å². The van der Waals surface area contributed by atoms with Gasteiger partial charge in [-0.15, -0.1) is 0 Å². The molecule has 2 rings (SSSR count). The molecule has 0 spiro atoms. The molecule has 1 atom stereocenters. The van der Waals surface area contributed by atoms with Crippen LogP contribution in [0.5, 0.6) is 0 Å². The van der Waals surface area contributed by atoms with E-state index in [1.807, 2.05) is 11.9 Å². The minimum Gasteiger partial charge on any atom is -0.342 e. The molecule has 96 valence electrons. The Bertz CT molecular complexity index is 348. The topological polar surface area (TPSA) is 54.2 Å². The van der Waals surface area contributed by atoms with E-state index in [-0.39, 0.29) is 0 Å². The third kappa shape index (κ3) is 3.19. The van der Waals surface area contributed by atoms with Gasteiger partial charge in [0.15, 0.2) is 0 Å². The first-order chi connectivity index (χ1) is 8.24. The third-order valence-electron chi connectivity index (χ3n) is 3.33. The summed E-state index contributed by atoms with van der Waals surface area (Å²) in [7, 11) is 1.97. The van der Waals surface area contributed by atoms with Crippen molar-refractivity contribution in [3.8, 4) is 0 Å². The Balaban J connectivity index is 1.94. The summed E-state index contributed by atoms with van der Waals surface area (Å²) in [4.78, 5) is 6.40. The number of nitrogens with one attached hydrogen (secondary N) is 1. The van der Waals surface area contributed by atoms with E-state index in [0.29, 0.717) is 12.0 Å². The van der Waals surface area contributed by atoms with Gasteiger partial charge in [-0.2, -0.15) is 4.98 Å². The lowest BCUT2D eigenvalue weighted by Crippen LogP contribution is -2.33. The molecule has 5 heteroatoms. The highest BCUT2D eigenvalue weighted by Gasteiger charge is 2.31. The van der Waals surface area contributed by atoms with Crippen molar-refractivity contribution in [2.75, 3.05) is 25.0 Å². The fraction of sp³-hybridized carbons (Fsp3) is 0.833. The predicted octanol–water partition coefficient (Wildman–Crippen LogP) is 1.46. The van der Waals surface area contributed by atoms with Gasteiger partial charge >= 0.3 is 0 Å². The standard InChI is InChI=1S/C12H22N4O/c1-4-13-10(9-6-7-9)8-11-14-12(15-17-11)16(3)5-2/h9-10,13H,4-8H2,1-3H3. The molecule has 1 N–H and O–H groups in total. The first-order valence-electron chi connectivity index (χ1n) is 6.51. The van der Waals surface area contributed by atoms with Crippen LogP contribution in [0.3, 0.4) is 0 Å². The average molecular weight is 238 g/mol. The van der Waals surface area contributed by atoms with Gasteiger partial charge in [0, 0.05) is 26.1 Å². The van der Waals surface area contributed by atoms with Crippen LogP contribution < -0.4 is 10.2 Å². The number of anilines is 1. The highest BCUT2D eigenvalue weighted by Crippen LogP contribution is 2.34. The Hall–Kier alpha value is -1.10. The van der Waals surface area contributed by atoms with E-state index in [0.717, 1.165) is 31.3 Å². The van der Waals surface area contributed by atoms with Crippen molar-refractivity contribution in [3.05, 3.63) is 5.89 Å². The van der Waals surface area contributed by atoms with E-state index in [4.69, 9.17) is 4.52 Å². The molecule has 0 radical (unpaired) electrons. The minimum atomic E-state index is 0.500. The summed E-state index contributed by atoms with van der Waals surface area (Å²) in [5, 5.41) is 7.50. The van der Waals surface area contributed by atoms with Gasteiger partial charge in [0.25, 0.3) is 5.95 Å². The zero-order chi connectivity index (χ0) is 12.3.